The lowest BCUT2D eigenvalue weighted by atomic mass is 9.62. The molecule has 4 rings (SSSR count). The minimum atomic E-state index is -1.35. The van der Waals surface area contributed by atoms with Gasteiger partial charge in [0.2, 0.25) is 5.91 Å². The van der Waals surface area contributed by atoms with E-state index in [0.717, 1.165) is 12.8 Å². The normalized spacial score (nSPS) is 26.5. The molecule has 2 aromatic carbocycles. The highest BCUT2D eigenvalue weighted by atomic mass is 35.5. The zero-order valence-corrected chi connectivity index (χ0v) is 20.2. The van der Waals surface area contributed by atoms with Gasteiger partial charge < -0.3 is 10.4 Å². The molecule has 1 spiro atoms. The average molecular weight is 493 g/mol. The standard InChI is InChI=1S/C25H27Cl2FN2O3/c1-4-10-24(2,3)12-18-25(15-9-8-13(26)11-17(15)29-23(25)33)19(21(30-18)22(31)32)14-6-5-7-16(27)20(14)28/h5-9,11,18-19,21,30H,4,10,12H2,1-3H3,(H,29,33)(H,31,32). The van der Waals surface area contributed by atoms with Gasteiger partial charge in [-0.25, -0.2) is 4.39 Å². The summed E-state index contributed by atoms with van der Waals surface area (Å²) < 4.78 is 15.4. The van der Waals surface area contributed by atoms with Crippen molar-refractivity contribution in [1.82, 2.24) is 5.32 Å². The molecule has 8 heteroatoms. The fourth-order valence-corrected chi connectivity index (χ4v) is 6.21. The molecule has 1 amide bonds. The fourth-order valence-electron chi connectivity index (χ4n) is 5.86. The third kappa shape index (κ3) is 3.82. The molecule has 2 aromatic rings. The zero-order valence-electron chi connectivity index (χ0n) is 18.7. The number of carbonyl (C=O) groups excluding carboxylic acids is 1. The molecule has 5 nitrogen and oxygen atoms in total. The van der Waals surface area contributed by atoms with E-state index in [0.29, 0.717) is 22.7 Å². The number of carboxylic acids is 1. The summed E-state index contributed by atoms with van der Waals surface area (Å²) in [6, 6.07) is 7.85. The Morgan fingerprint density at radius 2 is 1.97 bits per heavy atom. The van der Waals surface area contributed by atoms with Crippen LogP contribution in [0.3, 0.4) is 0 Å². The highest BCUT2D eigenvalue weighted by Crippen LogP contribution is 2.57. The van der Waals surface area contributed by atoms with Gasteiger partial charge in [-0.1, -0.05) is 68.6 Å². The Balaban J connectivity index is 2.00. The van der Waals surface area contributed by atoms with Crippen LogP contribution in [0.1, 0.15) is 57.1 Å². The monoisotopic (exact) mass is 492 g/mol. The topological polar surface area (TPSA) is 78.4 Å². The summed E-state index contributed by atoms with van der Waals surface area (Å²) in [4.78, 5) is 26.3. The third-order valence-corrected chi connectivity index (χ3v) is 7.60. The van der Waals surface area contributed by atoms with Gasteiger partial charge in [0, 0.05) is 22.7 Å². The highest BCUT2D eigenvalue weighted by Gasteiger charge is 2.66. The first-order valence-electron chi connectivity index (χ1n) is 11.1. The van der Waals surface area contributed by atoms with E-state index < -0.39 is 35.2 Å². The van der Waals surface area contributed by atoms with E-state index in [1.54, 1.807) is 24.3 Å². The van der Waals surface area contributed by atoms with Gasteiger partial charge in [-0.2, -0.15) is 0 Å². The van der Waals surface area contributed by atoms with Gasteiger partial charge in [0.05, 0.1) is 5.02 Å². The number of hydrogen-bond donors (Lipinski definition) is 3. The molecule has 2 aliphatic rings. The Bertz CT molecular complexity index is 1120. The minimum absolute atomic E-state index is 0.108. The molecule has 0 aromatic heterocycles. The second-order valence-electron chi connectivity index (χ2n) is 9.79. The number of aliphatic carboxylic acids is 1. The Morgan fingerprint density at radius 1 is 1.24 bits per heavy atom. The van der Waals surface area contributed by atoms with Crippen LogP contribution < -0.4 is 10.6 Å². The molecule has 3 N–H and O–H groups in total. The second kappa shape index (κ2) is 8.57. The Labute approximate surface area is 202 Å². The van der Waals surface area contributed by atoms with Crippen LogP contribution in [0.25, 0.3) is 0 Å². The number of carboxylic acid groups (broad SMARTS) is 1. The van der Waals surface area contributed by atoms with E-state index in [2.05, 4.69) is 31.4 Å². The molecule has 0 saturated carbocycles. The van der Waals surface area contributed by atoms with Gasteiger partial charge in [0.25, 0.3) is 0 Å². The smallest absolute Gasteiger partial charge is 0.321 e. The van der Waals surface area contributed by atoms with Crippen molar-refractivity contribution in [3.05, 3.63) is 63.4 Å². The highest BCUT2D eigenvalue weighted by molar-refractivity contribution is 6.31. The van der Waals surface area contributed by atoms with Crippen molar-refractivity contribution in [1.29, 1.82) is 0 Å². The van der Waals surface area contributed by atoms with Gasteiger partial charge >= 0.3 is 5.97 Å². The first-order valence-corrected chi connectivity index (χ1v) is 11.8. The van der Waals surface area contributed by atoms with Gasteiger partial charge in [0.15, 0.2) is 0 Å². The first kappa shape index (κ1) is 24.0. The minimum Gasteiger partial charge on any atom is -0.480 e. The molecule has 33 heavy (non-hydrogen) atoms. The van der Waals surface area contributed by atoms with E-state index >= 15 is 4.39 Å². The Morgan fingerprint density at radius 3 is 2.64 bits per heavy atom. The summed E-state index contributed by atoms with van der Waals surface area (Å²) in [5, 5.41) is 16.6. The van der Waals surface area contributed by atoms with E-state index in [4.69, 9.17) is 23.2 Å². The van der Waals surface area contributed by atoms with Gasteiger partial charge in [-0.05, 0) is 47.6 Å². The largest absolute Gasteiger partial charge is 0.480 e. The number of carbonyl (C=O) groups is 2. The zero-order chi connectivity index (χ0) is 24.1. The SMILES string of the molecule is CCCC(C)(C)CC1NC(C(=O)O)C(c2cccc(Cl)c2F)C12C(=O)Nc1cc(Cl)ccc12. The molecule has 0 aliphatic carbocycles. The number of hydrogen-bond acceptors (Lipinski definition) is 3. The lowest BCUT2D eigenvalue weighted by Gasteiger charge is -2.38. The summed E-state index contributed by atoms with van der Waals surface area (Å²) >= 11 is 12.3. The number of nitrogens with one attached hydrogen (secondary N) is 2. The van der Waals surface area contributed by atoms with Crippen molar-refractivity contribution >= 4 is 40.8 Å². The van der Waals surface area contributed by atoms with Crippen LogP contribution in [0.15, 0.2) is 36.4 Å². The lowest BCUT2D eigenvalue weighted by Crippen LogP contribution is -2.50. The van der Waals surface area contributed by atoms with Crippen molar-refractivity contribution in [3.63, 3.8) is 0 Å². The molecular formula is C25H27Cl2FN2O3. The van der Waals surface area contributed by atoms with Gasteiger partial charge in [-0.3, -0.25) is 14.9 Å². The number of rotatable bonds is 6. The average Bonchev–Trinajstić information content (AvgIpc) is 3.19. The van der Waals surface area contributed by atoms with Crippen LogP contribution in [-0.4, -0.2) is 29.1 Å². The van der Waals surface area contributed by atoms with Crippen molar-refractivity contribution in [2.75, 3.05) is 5.32 Å². The molecule has 0 bridgehead atoms. The van der Waals surface area contributed by atoms with E-state index in [1.807, 2.05) is 0 Å². The number of halogens is 3. The summed E-state index contributed by atoms with van der Waals surface area (Å²) in [7, 11) is 0. The molecule has 2 heterocycles. The van der Waals surface area contributed by atoms with Crippen LogP contribution in [0.2, 0.25) is 10.0 Å². The summed E-state index contributed by atoms with van der Waals surface area (Å²) in [6.45, 7) is 6.29. The Kier molecular flexibility index (Phi) is 6.23. The van der Waals surface area contributed by atoms with E-state index in [9.17, 15) is 14.7 Å². The molecule has 1 saturated heterocycles. The number of amides is 1. The summed E-state index contributed by atoms with van der Waals surface area (Å²) in [5.41, 5.74) is -0.281. The molecule has 4 atom stereocenters. The lowest BCUT2D eigenvalue weighted by molar-refractivity contribution is -0.139. The molecule has 2 aliphatic heterocycles. The predicted molar refractivity (Wildman–Crippen MR) is 128 cm³/mol. The molecule has 0 radical (unpaired) electrons. The van der Waals surface area contributed by atoms with Crippen molar-refractivity contribution < 1.29 is 19.1 Å². The molecule has 176 valence electrons. The molecule has 1 fully saturated rings. The van der Waals surface area contributed by atoms with Crippen LogP contribution >= 0.6 is 23.2 Å². The summed E-state index contributed by atoms with van der Waals surface area (Å²) in [5.74, 6) is -3.23. The maximum Gasteiger partial charge on any atom is 0.321 e. The molecular weight excluding hydrogens is 466 g/mol. The van der Waals surface area contributed by atoms with Gasteiger partial charge in [-0.15, -0.1) is 0 Å². The van der Waals surface area contributed by atoms with Crippen molar-refractivity contribution in [3.8, 4) is 0 Å². The van der Waals surface area contributed by atoms with Crippen molar-refractivity contribution in [2.45, 2.75) is 63.5 Å². The maximum absolute atomic E-state index is 15.4. The summed E-state index contributed by atoms with van der Waals surface area (Å²) in [6.07, 6.45) is 2.36. The third-order valence-electron chi connectivity index (χ3n) is 7.07. The molecule has 4 unspecified atom stereocenters. The maximum atomic E-state index is 15.4. The van der Waals surface area contributed by atoms with Crippen LogP contribution in [0.5, 0.6) is 0 Å². The van der Waals surface area contributed by atoms with Crippen LogP contribution in [0.4, 0.5) is 10.1 Å². The van der Waals surface area contributed by atoms with Crippen molar-refractivity contribution in [2.24, 2.45) is 5.41 Å². The van der Waals surface area contributed by atoms with E-state index in [1.165, 1.54) is 12.1 Å². The van der Waals surface area contributed by atoms with Gasteiger partial charge in [0.1, 0.15) is 17.3 Å². The number of benzene rings is 2. The Hall–Kier alpha value is -2.15. The second-order valence-corrected chi connectivity index (χ2v) is 10.6. The number of anilines is 1. The van der Waals surface area contributed by atoms with E-state index in [-0.39, 0.29) is 21.9 Å². The van der Waals surface area contributed by atoms with Crippen LogP contribution in [-0.2, 0) is 15.0 Å². The number of fused-ring (bicyclic) bond motifs is 2. The van der Waals surface area contributed by atoms with Crippen LogP contribution in [0, 0.1) is 11.2 Å². The first-order chi connectivity index (χ1) is 15.5. The quantitative estimate of drug-likeness (QED) is 0.479. The fraction of sp³-hybridized carbons (Fsp3) is 0.440. The predicted octanol–water partition coefficient (Wildman–Crippen LogP) is 5.75.